The molecule has 30 fully saturated rings. The number of hydrogen-bond acceptors (Lipinski definition) is 38. The summed E-state index contributed by atoms with van der Waals surface area (Å²) in [6, 6.07) is 0. The third kappa shape index (κ3) is 20.4. The van der Waals surface area contributed by atoms with Crippen LogP contribution in [0.5, 0.6) is 0 Å². The molecule has 110 heavy (non-hydrogen) atoms. The fourth-order valence-electron chi connectivity index (χ4n) is 16.6. The minimum atomic E-state index is -1.24. The third-order valence-corrected chi connectivity index (χ3v) is 23.4. The van der Waals surface area contributed by atoms with Crippen molar-refractivity contribution in [3.05, 3.63) is 0 Å². The van der Waals surface area contributed by atoms with Gasteiger partial charge < -0.3 is 180 Å². The molecule has 30 aliphatic rings. The quantitative estimate of drug-likeness (QED) is 0.0668. The summed E-state index contributed by atoms with van der Waals surface area (Å²) in [7, 11) is 33.4. The van der Waals surface area contributed by atoms with Crippen molar-refractivity contribution in [3.8, 4) is 0 Å². The van der Waals surface area contributed by atoms with Crippen molar-refractivity contribution in [1.29, 1.82) is 0 Å². The fourth-order valence-corrected chi connectivity index (χ4v) is 18.0. The van der Waals surface area contributed by atoms with Gasteiger partial charge in [0.15, 0.2) is 50.3 Å². The van der Waals surface area contributed by atoms with Gasteiger partial charge in [-0.05, 0) is 0 Å². The van der Waals surface area contributed by atoms with Gasteiger partial charge in [-0.15, -0.1) is 0 Å². The lowest BCUT2D eigenvalue weighted by Gasteiger charge is -2.53. The highest BCUT2D eigenvalue weighted by Crippen LogP contribution is 2.44. The van der Waals surface area contributed by atoms with Gasteiger partial charge in [-0.25, -0.2) is 0 Å². The van der Waals surface area contributed by atoms with Crippen molar-refractivity contribution in [2.45, 2.75) is 246 Å². The Morgan fingerprint density at radius 1 is 0.155 bits per heavy atom. The van der Waals surface area contributed by atoms with E-state index in [0.29, 0.717) is 8.86 Å². The molecule has 16 bridgehead atoms. The van der Waals surface area contributed by atoms with Crippen molar-refractivity contribution in [1.82, 2.24) is 0 Å². The van der Waals surface area contributed by atoms with Crippen LogP contribution in [0, 0.1) is 0 Å². The maximum absolute atomic E-state index is 7.09. The highest BCUT2D eigenvalue weighted by molar-refractivity contribution is 14.1. The molecule has 0 aromatic carbocycles. The van der Waals surface area contributed by atoms with Gasteiger partial charge in [-0.1, -0.05) is 45.2 Å². The van der Waals surface area contributed by atoms with Gasteiger partial charge in [0.2, 0.25) is 0 Å². The Kier molecular flexibility index (Phi) is 39.3. The van der Waals surface area contributed by atoms with Crippen molar-refractivity contribution < 1.29 is 180 Å². The van der Waals surface area contributed by atoms with E-state index in [-0.39, 0.29) is 39.6 Å². The van der Waals surface area contributed by atoms with Crippen LogP contribution < -0.4 is 0 Å². The van der Waals surface area contributed by atoms with E-state index in [1.807, 2.05) is 0 Å². The molecule has 38 nitrogen and oxygen atoms in total. The van der Waals surface area contributed by atoms with Crippen molar-refractivity contribution in [3.63, 3.8) is 0 Å². The molecule has 0 aliphatic carbocycles. The number of rotatable bonds is 30. The predicted octanol–water partition coefficient (Wildman–Crippen LogP) is -0.131. The number of methoxy groups -OCH3 is 22. The normalized spacial score (nSPS) is 46.7. The van der Waals surface area contributed by atoms with Gasteiger partial charge in [0.1, 0.15) is 183 Å². The molecule has 30 heterocycles. The highest BCUT2D eigenvalue weighted by atomic mass is 127. The van der Waals surface area contributed by atoms with Gasteiger partial charge in [0.05, 0.1) is 51.8 Å². The second-order valence-electron chi connectivity index (χ2n) is 27.4. The highest BCUT2D eigenvalue weighted by Gasteiger charge is 2.63. The molecular formula is C70H122I2O38. The van der Waals surface area contributed by atoms with Crippen molar-refractivity contribution >= 4 is 45.2 Å². The molecular weight excluding hydrogens is 1700 g/mol. The maximum Gasteiger partial charge on any atom is 0.187 e. The Labute approximate surface area is 672 Å². The summed E-state index contributed by atoms with van der Waals surface area (Å²) in [5.41, 5.74) is 0. The first-order valence-electron chi connectivity index (χ1n) is 36.5. The summed E-state index contributed by atoms with van der Waals surface area (Å²) in [5, 5.41) is 0. The molecule has 0 amide bonds. The van der Waals surface area contributed by atoms with E-state index in [1.165, 1.54) is 135 Å². The van der Waals surface area contributed by atoms with Gasteiger partial charge >= 0.3 is 0 Å². The molecule has 0 aromatic heterocycles. The van der Waals surface area contributed by atoms with Crippen molar-refractivity contribution in [2.24, 2.45) is 0 Å². The topological polar surface area (TPSA) is 351 Å². The third-order valence-electron chi connectivity index (χ3n) is 21.7. The SMILES string of the molecule is COC[C@H]1O[C@@H]2O[C@H]3[C@H](OC)[C@@H](OC)[C@@H](O[C@H]4[C@H](OC)[C@@H](OC)[C@@H](O[C@H]5[C@H](OC)[C@@H](OC)[C@@H](O[C@H]6[C@H](OC)[C@@H](OC)[C@@H](O[C@H]7[C@H](OC)[C@@H](OC)[C@@H](O[C@H]8[C@H](OC)[C@@H](OC)[C@@H](O[C@H]9[C@H](OC)[C@@H](OC)[C@@H](O[C@H]1[C@H](OC)[C@H]2OC)O[C@@H]9CI)O[C@@H]8COC)O[C@@H]7COC)O[C@@H]6COC)O[C@@H]5COC)O[C@@H]4COC)O[C@@H]3CI. The molecule has 30 aliphatic heterocycles. The summed E-state index contributed by atoms with van der Waals surface area (Å²) in [6.45, 7) is -0.225. The minimum absolute atomic E-state index is 0.0157. The fraction of sp³-hybridized carbons (Fsp3) is 1.00. The molecule has 0 saturated carbocycles. The van der Waals surface area contributed by atoms with E-state index in [0.717, 1.165) is 0 Å². The van der Waals surface area contributed by atoms with Crippen LogP contribution in [0.4, 0.5) is 0 Å². The zero-order chi connectivity index (χ0) is 79.6. The zero-order valence-electron chi connectivity index (χ0n) is 67.0. The molecule has 40 heteroatoms. The Morgan fingerprint density at radius 3 is 0.364 bits per heavy atom. The van der Waals surface area contributed by atoms with E-state index < -0.39 is 246 Å². The van der Waals surface area contributed by atoms with Gasteiger partial charge in [-0.3, -0.25) is 0 Å². The van der Waals surface area contributed by atoms with Crippen LogP contribution in [-0.4, -0.2) is 451 Å². The van der Waals surface area contributed by atoms with Crippen LogP contribution in [0.3, 0.4) is 0 Å². The van der Waals surface area contributed by atoms with Crippen LogP contribution in [0.1, 0.15) is 0 Å². The van der Waals surface area contributed by atoms with Gasteiger partial charge in [0.25, 0.3) is 0 Å². The average Bonchev–Trinajstić information content (AvgIpc) is 0.764. The zero-order valence-corrected chi connectivity index (χ0v) is 71.3. The lowest BCUT2D eigenvalue weighted by molar-refractivity contribution is -0.408. The number of alkyl halides is 2. The van der Waals surface area contributed by atoms with Crippen LogP contribution >= 0.6 is 45.2 Å². The maximum atomic E-state index is 7.09. The van der Waals surface area contributed by atoms with Crippen LogP contribution in [0.25, 0.3) is 0 Å². The van der Waals surface area contributed by atoms with E-state index in [2.05, 4.69) is 45.2 Å². The first-order chi connectivity index (χ1) is 53.5. The summed E-state index contributed by atoms with van der Waals surface area (Å²) in [5.74, 6) is 0. The number of halogens is 2. The van der Waals surface area contributed by atoms with E-state index in [4.69, 9.17) is 180 Å². The van der Waals surface area contributed by atoms with E-state index in [9.17, 15) is 0 Å². The molecule has 0 aromatic rings. The van der Waals surface area contributed by atoms with E-state index >= 15 is 0 Å². The summed E-state index contributed by atoms with van der Waals surface area (Å²) < 4.78 is 249. The summed E-state index contributed by atoms with van der Waals surface area (Å²) in [4.78, 5) is 0. The first kappa shape index (κ1) is 93.8. The minimum Gasteiger partial charge on any atom is -0.382 e. The second-order valence-corrected chi connectivity index (χ2v) is 29.2. The monoisotopic (exact) mass is 1820 g/mol. The lowest BCUT2D eigenvalue weighted by Crippen LogP contribution is -2.70. The molecule has 40 atom stereocenters. The molecule has 0 N–H and O–H groups in total. The summed E-state index contributed by atoms with van der Waals surface area (Å²) in [6.07, 6.45) is -40.2. The molecule has 0 unspecified atom stereocenters. The molecule has 0 spiro atoms. The largest absolute Gasteiger partial charge is 0.382 e. The van der Waals surface area contributed by atoms with E-state index in [1.54, 1.807) is 21.3 Å². The summed E-state index contributed by atoms with van der Waals surface area (Å²) >= 11 is 4.45. The van der Waals surface area contributed by atoms with Crippen LogP contribution in [0.2, 0.25) is 0 Å². The van der Waals surface area contributed by atoms with Gasteiger partial charge in [0, 0.05) is 165 Å². The Hall–Kier alpha value is -0.0600. The van der Waals surface area contributed by atoms with Gasteiger partial charge in [-0.2, -0.15) is 0 Å². The Morgan fingerprint density at radius 2 is 0.264 bits per heavy atom. The van der Waals surface area contributed by atoms with Crippen LogP contribution in [-0.2, 0) is 180 Å². The number of ether oxygens (including phenoxy) is 38. The molecule has 0 radical (unpaired) electrons. The average molecular weight is 1830 g/mol. The molecule has 644 valence electrons. The first-order valence-corrected chi connectivity index (χ1v) is 39.5. The smallest absolute Gasteiger partial charge is 0.187 e. The second kappa shape index (κ2) is 46.1. The standard InChI is InChI=1S/C70H122I2O38/c1-73-25-33-41-49(81-9)57(89-17)65(97-33)103-39-31(23-71)96-64(56(88-16)47(39)79-7)106-42-34(26-74-2)99-67(59(91-19)50(42)82-10)108-44-36(28-76-4)101-69(61(93-21)52(44)84-12)110-46-38(30-78-6)102-70(62(94-22)54(46)86-14)109-45-37(29-77-5)100-68(60(92-20)53(45)85-13)107-43-35(27-75-3)98-66(58(90-18)51(43)83-11)104-40-32(24-72)95-63(105-41)55(87-15)48(40)80-8/h31-70H,23-30H2,1-22H3/t31-,32-,33-,34-,35-,36-,37-,38-,39-,40-,41-,42-,43-,44-,45-,46-,47+,48+,49+,50+,51+,52+,53+,54+,55-,56-,57-,58-,59-,60-,61-,62-,63-,64-,65-,66-,67-,68-,69-,70-/m1/s1. The predicted molar refractivity (Wildman–Crippen MR) is 390 cm³/mol. The Balaban J connectivity index is 1.11. The van der Waals surface area contributed by atoms with Crippen molar-refractivity contribution in [2.75, 3.05) is 205 Å². The van der Waals surface area contributed by atoms with Crippen LogP contribution in [0.15, 0.2) is 0 Å². The number of hydrogen-bond donors (Lipinski definition) is 0. The Bertz CT molecular complexity index is 2550. The lowest BCUT2D eigenvalue weighted by atomic mass is 9.94. The molecule has 30 saturated heterocycles. The molecule has 30 rings (SSSR count).